The van der Waals surface area contributed by atoms with Gasteiger partial charge in [-0.1, -0.05) is 50.2 Å². The first-order valence-electron chi connectivity index (χ1n) is 10.5. The second-order valence-corrected chi connectivity index (χ2v) is 8.04. The van der Waals surface area contributed by atoms with Crippen molar-refractivity contribution in [3.8, 4) is 0 Å². The molecule has 2 N–H and O–H groups in total. The monoisotopic (exact) mass is 400 g/mol. The predicted molar refractivity (Wildman–Crippen MR) is 124 cm³/mol. The molecule has 0 amide bonds. The van der Waals surface area contributed by atoms with E-state index in [-0.39, 0.29) is 0 Å². The molecule has 2 atom stereocenters. The Morgan fingerprint density at radius 1 is 0.633 bits per heavy atom. The number of nitrogens with zero attached hydrogens (tertiary/aromatic N) is 2. The molecule has 0 bridgehead atoms. The molecule has 0 saturated heterocycles. The van der Waals surface area contributed by atoms with Crippen molar-refractivity contribution in [2.45, 2.75) is 53.4 Å². The Kier molecular flexibility index (Phi) is 6.88. The Hall–Kier alpha value is -3.14. The highest BCUT2D eigenvalue weighted by atomic mass is 14.9. The zero-order chi connectivity index (χ0) is 21.7. The van der Waals surface area contributed by atoms with Crippen molar-refractivity contribution in [1.29, 1.82) is 0 Å². The Morgan fingerprint density at radius 3 is 1.37 bits per heavy atom. The van der Waals surface area contributed by atoms with Crippen molar-refractivity contribution < 1.29 is 0 Å². The molecule has 0 aliphatic rings. The van der Waals surface area contributed by atoms with Crippen LogP contribution in [0.1, 0.15) is 70.5 Å². The zero-order valence-corrected chi connectivity index (χ0v) is 18.8. The van der Waals surface area contributed by atoms with Gasteiger partial charge in [0.1, 0.15) is 0 Å². The highest BCUT2D eigenvalue weighted by molar-refractivity contribution is 5.39. The van der Waals surface area contributed by atoms with E-state index < -0.39 is 0 Å². The molecule has 0 aliphatic heterocycles. The highest BCUT2D eigenvalue weighted by Gasteiger charge is 2.13. The molecule has 0 spiro atoms. The Morgan fingerprint density at radius 2 is 1.03 bits per heavy atom. The standard InChI is InChI=1S/2C13H16N2/c2*1-9-5-4-6-12(10(9)2)11(3)13-7-14-8-15-13/h2*4-8,11H,1-3H3,(H,14,15)/t2*11-/m00/s1. The molecule has 0 saturated carbocycles. The molecule has 4 nitrogen and oxygen atoms in total. The summed E-state index contributed by atoms with van der Waals surface area (Å²) in [4.78, 5) is 14.5. The fourth-order valence-corrected chi connectivity index (χ4v) is 3.83. The van der Waals surface area contributed by atoms with Crippen LogP contribution in [0.3, 0.4) is 0 Å². The number of hydrogen-bond acceptors (Lipinski definition) is 2. The van der Waals surface area contributed by atoms with Crippen LogP contribution in [0.5, 0.6) is 0 Å². The quantitative estimate of drug-likeness (QED) is 0.419. The lowest BCUT2D eigenvalue weighted by molar-refractivity contribution is 0.871. The molecule has 2 aromatic heterocycles. The third-order valence-electron chi connectivity index (χ3n) is 6.20. The molecule has 0 aliphatic carbocycles. The van der Waals surface area contributed by atoms with Crippen LogP contribution in [0.25, 0.3) is 0 Å². The summed E-state index contributed by atoms with van der Waals surface area (Å²) < 4.78 is 0. The molecule has 4 aromatic rings. The lowest BCUT2D eigenvalue weighted by atomic mass is 9.92. The van der Waals surface area contributed by atoms with Crippen molar-refractivity contribution in [2.75, 3.05) is 0 Å². The minimum absolute atomic E-state index is 0.382. The third kappa shape index (κ3) is 4.70. The number of aryl methyl sites for hydroxylation is 2. The summed E-state index contributed by atoms with van der Waals surface area (Å²) >= 11 is 0. The fraction of sp³-hybridized carbons (Fsp3) is 0.308. The van der Waals surface area contributed by atoms with Crippen LogP contribution in [0.4, 0.5) is 0 Å². The summed E-state index contributed by atoms with van der Waals surface area (Å²) in [7, 11) is 0. The van der Waals surface area contributed by atoms with E-state index in [1.807, 2.05) is 12.4 Å². The molecule has 2 aromatic carbocycles. The fourth-order valence-electron chi connectivity index (χ4n) is 3.83. The molecule has 30 heavy (non-hydrogen) atoms. The van der Waals surface area contributed by atoms with Crippen molar-refractivity contribution >= 4 is 0 Å². The van der Waals surface area contributed by atoms with Gasteiger partial charge in [0.15, 0.2) is 0 Å². The van der Waals surface area contributed by atoms with Gasteiger partial charge in [0.2, 0.25) is 0 Å². The Balaban J connectivity index is 0.000000171. The van der Waals surface area contributed by atoms with Crippen molar-refractivity contribution in [3.05, 3.63) is 106 Å². The minimum atomic E-state index is 0.382. The van der Waals surface area contributed by atoms with Gasteiger partial charge in [-0.25, -0.2) is 9.97 Å². The van der Waals surface area contributed by atoms with Crippen molar-refractivity contribution in [1.82, 2.24) is 19.9 Å². The molecule has 4 heteroatoms. The highest BCUT2D eigenvalue weighted by Crippen LogP contribution is 2.27. The van der Waals surface area contributed by atoms with E-state index in [0.717, 1.165) is 0 Å². The summed E-state index contributed by atoms with van der Waals surface area (Å²) in [5, 5.41) is 0. The van der Waals surface area contributed by atoms with E-state index in [9.17, 15) is 0 Å². The number of benzene rings is 2. The second-order valence-electron chi connectivity index (χ2n) is 8.04. The molecule has 0 unspecified atom stereocenters. The molecule has 4 rings (SSSR count). The van der Waals surface area contributed by atoms with Crippen LogP contribution >= 0.6 is 0 Å². The van der Waals surface area contributed by atoms with Gasteiger partial charge in [-0.15, -0.1) is 0 Å². The summed E-state index contributed by atoms with van der Waals surface area (Å²) in [6.07, 6.45) is 7.26. The smallest absolute Gasteiger partial charge is 0.0921 e. The largest absolute Gasteiger partial charge is 0.348 e. The number of rotatable bonds is 4. The molecule has 156 valence electrons. The summed E-state index contributed by atoms with van der Waals surface area (Å²) in [5.74, 6) is 0.764. The lowest BCUT2D eigenvalue weighted by Crippen LogP contribution is -2.00. The van der Waals surface area contributed by atoms with E-state index in [4.69, 9.17) is 0 Å². The predicted octanol–water partition coefficient (Wildman–Crippen LogP) is 6.36. The first-order valence-corrected chi connectivity index (χ1v) is 10.5. The SMILES string of the molecule is Cc1cccc([C@H](C)c2cnc[nH]2)c1C.Cc1cccc([C@H](C)c2cnc[nH]2)c1C. The van der Waals surface area contributed by atoms with Crippen LogP contribution in [0, 0.1) is 27.7 Å². The van der Waals surface area contributed by atoms with E-state index in [2.05, 4.69) is 97.9 Å². The molecular weight excluding hydrogens is 368 g/mol. The number of aromatic amines is 2. The number of imidazole rings is 2. The van der Waals surface area contributed by atoms with E-state index in [1.54, 1.807) is 12.7 Å². The summed E-state index contributed by atoms with van der Waals surface area (Å²) in [5.41, 5.74) is 10.5. The van der Waals surface area contributed by atoms with Gasteiger partial charge in [0.05, 0.1) is 12.7 Å². The van der Waals surface area contributed by atoms with Crippen molar-refractivity contribution in [3.63, 3.8) is 0 Å². The number of nitrogens with one attached hydrogen (secondary N) is 2. The average Bonchev–Trinajstić information content (AvgIpc) is 3.46. The lowest BCUT2D eigenvalue weighted by Gasteiger charge is -2.14. The van der Waals surface area contributed by atoms with Crippen LogP contribution in [-0.2, 0) is 0 Å². The van der Waals surface area contributed by atoms with Gasteiger partial charge >= 0.3 is 0 Å². The van der Waals surface area contributed by atoms with Gasteiger partial charge in [0.25, 0.3) is 0 Å². The molecule has 0 fully saturated rings. The maximum absolute atomic E-state index is 4.07. The number of aromatic nitrogens is 4. The first kappa shape index (κ1) is 21.6. The van der Waals surface area contributed by atoms with Gasteiger partial charge in [-0.3, -0.25) is 0 Å². The normalized spacial score (nSPS) is 12.7. The van der Waals surface area contributed by atoms with E-state index in [0.29, 0.717) is 11.8 Å². The number of hydrogen-bond donors (Lipinski definition) is 2. The van der Waals surface area contributed by atoms with Crippen molar-refractivity contribution in [2.24, 2.45) is 0 Å². The second kappa shape index (κ2) is 9.57. The topological polar surface area (TPSA) is 57.4 Å². The van der Waals surface area contributed by atoms with E-state index in [1.165, 1.54) is 44.8 Å². The maximum Gasteiger partial charge on any atom is 0.0921 e. The Bertz CT molecular complexity index is 975. The molecule has 0 radical (unpaired) electrons. The first-order chi connectivity index (χ1) is 14.4. The summed E-state index contributed by atoms with van der Waals surface area (Å²) in [6, 6.07) is 12.9. The maximum atomic E-state index is 4.07. The van der Waals surface area contributed by atoms with Crippen LogP contribution in [0.15, 0.2) is 61.4 Å². The van der Waals surface area contributed by atoms with Crippen LogP contribution in [0.2, 0.25) is 0 Å². The minimum Gasteiger partial charge on any atom is -0.348 e. The molecular formula is C26H32N4. The van der Waals surface area contributed by atoms with Crippen LogP contribution in [-0.4, -0.2) is 19.9 Å². The summed E-state index contributed by atoms with van der Waals surface area (Å²) in [6.45, 7) is 13.1. The zero-order valence-electron chi connectivity index (χ0n) is 18.8. The van der Waals surface area contributed by atoms with Crippen LogP contribution < -0.4 is 0 Å². The number of H-pyrrole nitrogens is 2. The van der Waals surface area contributed by atoms with Gasteiger partial charge in [-0.2, -0.15) is 0 Å². The third-order valence-corrected chi connectivity index (χ3v) is 6.20. The van der Waals surface area contributed by atoms with Gasteiger partial charge < -0.3 is 9.97 Å². The molecule has 2 heterocycles. The van der Waals surface area contributed by atoms with Gasteiger partial charge in [0, 0.05) is 35.6 Å². The Labute approximate surface area is 179 Å². The van der Waals surface area contributed by atoms with E-state index >= 15 is 0 Å². The average molecular weight is 401 g/mol. The van der Waals surface area contributed by atoms with Gasteiger partial charge in [-0.05, 0) is 61.1 Å².